The number of carbonyl (C=O) groups excluding carboxylic acids is 1. The van der Waals surface area contributed by atoms with Crippen LogP contribution in [0.3, 0.4) is 0 Å². The Morgan fingerprint density at radius 2 is 2.04 bits per heavy atom. The lowest BCUT2D eigenvalue weighted by Gasteiger charge is -2.38. The van der Waals surface area contributed by atoms with Crippen LogP contribution in [0.25, 0.3) is 0 Å². The molecule has 138 valence electrons. The molecule has 1 N–H and O–H groups in total. The topological polar surface area (TPSA) is 69.6 Å². The number of methoxy groups -OCH3 is 1. The van der Waals surface area contributed by atoms with E-state index in [4.69, 9.17) is 9.47 Å². The highest BCUT2D eigenvalue weighted by atomic mass is 16.5. The van der Waals surface area contributed by atoms with Crippen molar-refractivity contribution in [2.75, 3.05) is 7.11 Å². The van der Waals surface area contributed by atoms with Gasteiger partial charge >= 0.3 is 0 Å². The Bertz CT molecular complexity index is 915. The second-order valence-electron chi connectivity index (χ2n) is 7.27. The maximum atomic E-state index is 12.8. The van der Waals surface area contributed by atoms with Crippen LogP contribution in [0.5, 0.6) is 11.5 Å². The molecular formula is C20H24N2O4. The largest absolute Gasteiger partial charge is 0.497 e. The van der Waals surface area contributed by atoms with Crippen molar-refractivity contribution in [3.05, 3.63) is 57.5 Å². The molecule has 0 saturated heterocycles. The lowest BCUT2D eigenvalue weighted by molar-refractivity contribution is 0.0614. The molecule has 1 amide bonds. The summed E-state index contributed by atoms with van der Waals surface area (Å²) < 4.78 is 13.0. The second-order valence-corrected chi connectivity index (χ2v) is 7.27. The number of ether oxygens (including phenoxy) is 2. The van der Waals surface area contributed by atoms with Gasteiger partial charge in [0.1, 0.15) is 22.8 Å². The number of pyridine rings is 1. The van der Waals surface area contributed by atoms with Crippen LogP contribution in [0.4, 0.5) is 0 Å². The number of aromatic nitrogens is 1. The van der Waals surface area contributed by atoms with Crippen LogP contribution >= 0.6 is 0 Å². The lowest BCUT2D eigenvalue weighted by atomic mass is 9.89. The zero-order valence-corrected chi connectivity index (χ0v) is 15.8. The zero-order valence-electron chi connectivity index (χ0n) is 15.8. The number of hydrogen-bond donors (Lipinski definition) is 1. The number of hydrogen-bond acceptors (Lipinski definition) is 4. The van der Waals surface area contributed by atoms with Gasteiger partial charge in [0.05, 0.1) is 13.2 Å². The molecule has 0 aliphatic carbocycles. The number of amides is 1. The number of benzene rings is 1. The molecule has 0 bridgehead atoms. The monoisotopic (exact) mass is 356 g/mol. The molecule has 1 aliphatic rings. The van der Waals surface area contributed by atoms with Crippen molar-refractivity contribution in [3.8, 4) is 11.5 Å². The van der Waals surface area contributed by atoms with Crippen LogP contribution in [0.1, 0.15) is 48.1 Å². The molecule has 1 aromatic carbocycles. The minimum absolute atomic E-state index is 0.178. The average Bonchev–Trinajstić information content (AvgIpc) is 2.56. The minimum Gasteiger partial charge on any atom is -0.497 e. The molecule has 1 atom stereocenters. The molecule has 0 saturated carbocycles. The van der Waals surface area contributed by atoms with Crippen molar-refractivity contribution in [2.45, 2.75) is 38.8 Å². The van der Waals surface area contributed by atoms with Crippen molar-refractivity contribution in [2.24, 2.45) is 7.05 Å². The number of carbonyl (C=O) groups is 1. The first-order valence-electron chi connectivity index (χ1n) is 8.56. The highest BCUT2D eigenvalue weighted by Crippen LogP contribution is 2.41. The maximum absolute atomic E-state index is 12.8. The van der Waals surface area contributed by atoms with Crippen LogP contribution in [-0.2, 0) is 7.05 Å². The SMILES string of the molecule is COc1ccc2c(c1)OC(C)(C)C[C@@H]2NC(=O)c1cc(=O)cc(C)n1C. The summed E-state index contributed by atoms with van der Waals surface area (Å²) in [6.45, 7) is 5.77. The van der Waals surface area contributed by atoms with Crippen molar-refractivity contribution in [3.63, 3.8) is 0 Å². The van der Waals surface area contributed by atoms with Crippen LogP contribution in [0.2, 0.25) is 0 Å². The molecule has 3 rings (SSSR count). The first kappa shape index (κ1) is 18.0. The van der Waals surface area contributed by atoms with E-state index in [1.807, 2.05) is 32.0 Å². The molecule has 6 heteroatoms. The van der Waals surface area contributed by atoms with Gasteiger partial charge in [0.2, 0.25) is 0 Å². The standard InChI is InChI=1S/C20H24N2O4/c1-12-8-13(23)9-17(22(12)4)19(24)21-16-11-20(2,3)26-18-10-14(25-5)6-7-15(16)18/h6-10,16H,11H2,1-5H3,(H,21,24)/t16-/m0/s1. The van der Waals surface area contributed by atoms with Gasteiger partial charge in [0.25, 0.3) is 5.91 Å². The van der Waals surface area contributed by atoms with Crippen molar-refractivity contribution < 1.29 is 14.3 Å². The first-order valence-corrected chi connectivity index (χ1v) is 8.56. The predicted octanol–water partition coefficient (Wildman–Crippen LogP) is 2.73. The quantitative estimate of drug-likeness (QED) is 0.918. The van der Waals surface area contributed by atoms with E-state index in [1.54, 1.807) is 25.6 Å². The van der Waals surface area contributed by atoms with Crippen molar-refractivity contribution in [1.29, 1.82) is 0 Å². The Labute approximate surface area is 152 Å². The molecule has 0 unspecified atom stereocenters. The molecule has 1 aromatic heterocycles. The van der Waals surface area contributed by atoms with Gasteiger partial charge in [-0.2, -0.15) is 0 Å². The Balaban J connectivity index is 1.95. The highest BCUT2D eigenvalue weighted by molar-refractivity contribution is 5.93. The maximum Gasteiger partial charge on any atom is 0.268 e. The average molecular weight is 356 g/mol. The van der Waals surface area contributed by atoms with E-state index in [1.165, 1.54) is 12.1 Å². The van der Waals surface area contributed by atoms with E-state index in [2.05, 4.69) is 5.32 Å². The predicted molar refractivity (Wildman–Crippen MR) is 98.9 cm³/mol. The number of nitrogens with zero attached hydrogens (tertiary/aromatic N) is 1. The second kappa shape index (κ2) is 6.52. The molecule has 0 radical (unpaired) electrons. The summed E-state index contributed by atoms with van der Waals surface area (Å²) in [6.07, 6.45) is 0.623. The fourth-order valence-corrected chi connectivity index (χ4v) is 3.30. The third kappa shape index (κ3) is 3.45. The molecule has 1 aliphatic heterocycles. The van der Waals surface area contributed by atoms with E-state index >= 15 is 0 Å². The Kier molecular flexibility index (Phi) is 4.52. The summed E-state index contributed by atoms with van der Waals surface area (Å²) in [7, 11) is 3.38. The van der Waals surface area contributed by atoms with Crippen LogP contribution in [-0.4, -0.2) is 23.2 Å². The fraction of sp³-hybridized carbons (Fsp3) is 0.400. The summed E-state index contributed by atoms with van der Waals surface area (Å²) in [5.41, 5.74) is 1.37. The minimum atomic E-state index is -0.435. The summed E-state index contributed by atoms with van der Waals surface area (Å²) in [4.78, 5) is 24.7. The number of rotatable bonds is 3. The molecular weight excluding hydrogens is 332 g/mol. The van der Waals surface area contributed by atoms with Crippen LogP contribution < -0.4 is 20.2 Å². The number of aryl methyl sites for hydroxylation is 1. The van der Waals surface area contributed by atoms with Gasteiger partial charge in [0.15, 0.2) is 5.43 Å². The zero-order chi connectivity index (χ0) is 19.1. The summed E-state index contributed by atoms with van der Waals surface area (Å²) in [5.74, 6) is 1.12. The van der Waals surface area contributed by atoms with Gasteiger partial charge < -0.3 is 19.4 Å². The molecule has 0 fully saturated rings. The van der Waals surface area contributed by atoms with Crippen LogP contribution in [0.15, 0.2) is 35.1 Å². The van der Waals surface area contributed by atoms with E-state index in [-0.39, 0.29) is 17.4 Å². The Hall–Kier alpha value is -2.76. The summed E-state index contributed by atoms with van der Waals surface area (Å²) >= 11 is 0. The van der Waals surface area contributed by atoms with E-state index in [9.17, 15) is 9.59 Å². The van der Waals surface area contributed by atoms with Gasteiger partial charge in [-0.05, 0) is 32.9 Å². The smallest absolute Gasteiger partial charge is 0.268 e. The van der Waals surface area contributed by atoms with Crippen molar-refractivity contribution in [1.82, 2.24) is 9.88 Å². The van der Waals surface area contributed by atoms with Crippen LogP contribution in [0, 0.1) is 6.92 Å². The lowest BCUT2D eigenvalue weighted by Crippen LogP contribution is -2.42. The molecule has 26 heavy (non-hydrogen) atoms. The van der Waals surface area contributed by atoms with E-state index in [0.717, 1.165) is 11.3 Å². The van der Waals surface area contributed by atoms with Gasteiger partial charge in [-0.1, -0.05) is 0 Å². The first-order chi connectivity index (χ1) is 12.2. The van der Waals surface area contributed by atoms with Gasteiger partial charge in [0, 0.05) is 42.9 Å². The fourth-order valence-electron chi connectivity index (χ4n) is 3.30. The van der Waals surface area contributed by atoms with Gasteiger partial charge in [-0.3, -0.25) is 9.59 Å². The third-order valence-electron chi connectivity index (χ3n) is 4.74. The Morgan fingerprint density at radius 3 is 2.73 bits per heavy atom. The number of nitrogens with one attached hydrogen (secondary N) is 1. The van der Waals surface area contributed by atoms with Crippen molar-refractivity contribution >= 4 is 5.91 Å². The number of fused-ring (bicyclic) bond motifs is 1. The van der Waals surface area contributed by atoms with E-state index in [0.29, 0.717) is 23.6 Å². The molecule has 6 nitrogen and oxygen atoms in total. The Morgan fingerprint density at radius 1 is 1.31 bits per heavy atom. The van der Waals surface area contributed by atoms with Gasteiger partial charge in [-0.25, -0.2) is 0 Å². The molecule has 0 spiro atoms. The summed E-state index contributed by atoms with van der Waals surface area (Å²) in [5, 5.41) is 3.06. The summed E-state index contributed by atoms with van der Waals surface area (Å²) in [6, 6.07) is 8.24. The molecule has 2 heterocycles. The third-order valence-corrected chi connectivity index (χ3v) is 4.74. The van der Waals surface area contributed by atoms with E-state index < -0.39 is 5.60 Å². The normalized spacial score (nSPS) is 17.8. The van der Waals surface area contributed by atoms with Gasteiger partial charge in [-0.15, -0.1) is 0 Å². The highest BCUT2D eigenvalue weighted by Gasteiger charge is 2.35. The molecule has 2 aromatic rings.